The Morgan fingerprint density at radius 1 is 1.00 bits per heavy atom. The summed E-state index contributed by atoms with van der Waals surface area (Å²) in [5.74, 6) is 1.62. The molecule has 2 unspecified atom stereocenters. The Morgan fingerprint density at radius 3 is 2.59 bits per heavy atom. The first-order valence-electron chi connectivity index (χ1n) is 14.9. The lowest BCUT2D eigenvalue weighted by atomic mass is 9.96. The first-order chi connectivity index (χ1) is 20.0. The van der Waals surface area contributed by atoms with Gasteiger partial charge in [0.25, 0.3) is 5.56 Å². The quantitative estimate of drug-likeness (QED) is 0.320. The fourth-order valence-electron chi connectivity index (χ4n) is 6.39. The van der Waals surface area contributed by atoms with E-state index in [1.54, 1.807) is 4.57 Å². The van der Waals surface area contributed by atoms with Crippen molar-refractivity contribution in [1.82, 2.24) is 29.3 Å². The van der Waals surface area contributed by atoms with Gasteiger partial charge >= 0.3 is 0 Å². The number of pyridine rings is 1. The predicted octanol–water partition coefficient (Wildman–Crippen LogP) is 4.72. The van der Waals surface area contributed by atoms with Gasteiger partial charge < -0.3 is 20.0 Å². The topological polar surface area (TPSA) is 104 Å². The number of oxazole rings is 1. The summed E-state index contributed by atoms with van der Waals surface area (Å²) in [6, 6.07) is 10.8. The predicted molar refractivity (Wildman–Crippen MR) is 160 cm³/mol. The number of anilines is 3. The highest BCUT2D eigenvalue weighted by Crippen LogP contribution is 2.41. The molecule has 10 heteroatoms. The van der Waals surface area contributed by atoms with Crippen LogP contribution in [0.25, 0.3) is 11.0 Å². The molecule has 10 nitrogen and oxygen atoms in total. The van der Waals surface area contributed by atoms with Crippen LogP contribution in [0.2, 0.25) is 0 Å². The van der Waals surface area contributed by atoms with Gasteiger partial charge in [0.15, 0.2) is 6.39 Å². The number of benzene rings is 1. The Kier molecular flexibility index (Phi) is 6.96. The standard InChI is InChI=1S/C31H38N8O2/c1-37-14-12-24(17-37)34-22-8-10-23(11-9-22)35-31-32-16-21-15-25(26-5-3-4-13-38(26)2)30(40)39(29(21)36-31)18-27-28(20-6-7-20)33-19-41-27/h8-11,15-16,19-20,24,26,34H,3-7,12-14,17-18H2,1-2H3,(H,32,35,36). The number of hydrogen-bond donors (Lipinski definition) is 2. The third-order valence-electron chi connectivity index (χ3n) is 8.83. The van der Waals surface area contributed by atoms with Crippen LogP contribution < -0.4 is 16.2 Å². The Bertz CT molecular complexity index is 1590. The molecular weight excluding hydrogens is 516 g/mol. The van der Waals surface area contributed by atoms with Crippen LogP contribution in [0.5, 0.6) is 0 Å². The molecule has 3 aliphatic rings. The van der Waals surface area contributed by atoms with E-state index in [1.807, 2.05) is 24.4 Å². The Balaban J connectivity index is 1.21. The molecule has 3 fully saturated rings. The number of nitrogens with zero attached hydrogens (tertiary/aromatic N) is 6. The summed E-state index contributed by atoms with van der Waals surface area (Å²) < 4.78 is 7.58. The Hall–Kier alpha value is -3.76. The van der Waals surface area contributed by atoms with Crippen LogP contribution in [0.3, 0.4) is 0 Å². The average Bonchev–Trinajstić information content (AvgIpc) is 3.58. The van der Waals surface area contributed by atoms with E-state index < -0.39 is 0 Å². The van der Waals surface area contributed by atoms with Crippen molar-refractivity contribution in [2.45, 2.75) is 63.1 Å². The van der Waals surface area contributed by atoms with Crippen LogP contribution in [0, 0.1) is 0 Å². The zero-order chi connectivity index (χ0) is 27.9. The van der Waals surface area contributed by atoms with Gasteiger partial charge in [-0.05, 0) is 89.6 Å². The number of rotatable bonds is 8. The lowest BCUT2D eigenvalue weighted by Crippen LogP contribution is -2.36. The van der Waals surface area contributed by atoms with Gasteiger partial charge in [-0.15, -0.1) is 0 Å². The third kappa shape index (κ3) is 5.46. The van der Waals surface area contributed by atoms with Crippen molar-refractivity contribution in [2.24, 2.45) is 0 Å². The van der Waals surface area contributed by atoms with Crippen molar-refractivity contribution >= 4 is 28.4 Å². The number of aromatic nitrogens is 4. The van der Waals surface area contributed by atoms with Crippen LogP contribution in [-0.4, -0.2) is 69.1 Å². The molecule has 1 aliphatic carbocycles. The maximum absolute atomic E-state index is 14.1. The number of hydrogen-bond acceptors (Lipinski definition) is 9. The normalized spacial score (nSPS) is 21.9. The van der Waals surface area contributed by atoms with Crippen LogP contribution in [0.1, 0.15) is 67.5 Å². The lowest BCUT2D eigenvalue weighted by Gasteiger charge is -2.32. The van der Waals surface area contributed by atoms with Crippen molar-refractivity contribution in [1.29, 1.82) is 0 Å². The zero-order valence-corrected chi connectivity index (χ0v) is 23.8. The van der Waals surface area contributed by atoms with E-state index in [1.165, 1.54) is 6.39 Å². The molecule has 3 aromatic heterocycles. The van der Waals surface area contributed by atoms with Crippen LogP contribution in [0.15, 0.2) is 52.1 Å². The second kappa shape index (κ2) is 10.9. The average molecular weight is 555 g/mol. The zero-order valence-electron chi connectivity index (χ0n) is 23.8. The summed E-state index contributed by atoms with van der Waals surface area (Å²) in [6.45, 7) is 3.47. The van der Waals surface area contributed by atoms with Gasteiger partial charge in [0.2, 0.25) is 5.95 Å². The molecule has 7 rings (SSSR count). The van der Waals surface area contributed by atoms with Gasteiger partial charge in [0, 0.05) is 53.1 Å². The van der Waals surface area contributed by atoms with Crippen LogP contribution >= 0.6 is 0 Å². The highest BCUT2D eigenvalue weighted by molar-refractivity contribution is 5.77. The summed E-state index contributed by atoms with van der Waals surface area (Å²) in [6.07, 6.45) is 9.95. The van der Waals surface area contributed by atoms with Crippen molar-refractivity contribution in [3.8, 4) is 0 Å². The molecule has 2 atom stereocenters. The molecule has 2 N–H and O–H groups in total. The van der Waals surface area contributed by atoms with Gasteiger partial charge in [-0.3, -0.25) is 14.3 Å². The number of likely N-dealkylation sites (tertiary alicyclic amines) is 2. The number of likely N-dealkylation sites (N-methyl/N-ethyl adjacent to an activating group) is 1. The number of fused-ring (bicyclic) bond motifs is 1. The van der Waals surface area contributed by atoms with Gasteiger partial charge in [0.05, 0.1) is 12.2 Å². The summed E-state index contributed by atoms with van der Waals surface area (Å²) >= 11 is 0. The Labute approximate surface area is 239 Å². The summed E-state index contributed by atoms with van der Waals surface area (Å²) in [7, 11) is 4.26. The molecular formula is C31H38N8O2. The van der Waals surface area contributed by atoms with Crippen molar-refractivity contribution in [3.63, 3.8) is 0 Å². The van der Waals surface area contributed by atoms with E-state index in [0.717, 1.165) is 91.9 Å². The molecule has 2 aliphatic heterocycles. The van der Waals surface area contributed by atoms with E-state index >= 15 is 0 Å². The highest BCUT2D eigenvalue weighted by Gasteiger charge is 2.31. The minimum Gasteiger partial charge on any atom is -0.446 e. The fourth-order valence-corrected chi connectivity index (χ4v) is 6.39. The molecule has 0 spiro atoms. The van der Waals surface area contributed by atoms with E-state index in [0.29, 0.717) is 30.1 Å². The van der Waals surface area contributed by atoms with Gasteiger partial charge in [-0.2, -0.15) is 4.98 Å². The van der Waals surface area contributed by atoms with E-state index in [4.69, 9.17) is 9.40 Å². The fraction of sp³-hybridized carbons (Fsp3) is 0.484. The van der Waals surface area contributed by atoms with Crippen LogP contribution in [-0.2, 0) is 6.54 Å². The lowest BCUT2D eigenvalue weighted by molar-refractivity contribution is 0.186. The van der Waals surface area contributed by atoms with E-state index in [-0.39, 0.29) is 11.6 Å². The molecule has 1 aromatic carbocycles. The Morgan fingerprint density at radius 2 is 1.83 bits per heavy atom. The summed E-state index contributed by atoms with van der Waals surface area (Å²) in [5, 5.41) is 7.80. The van der Waals surface area contributed by atoms with Gasteiger partial charge in [0.1, 0.15) is 11.4 Å². The van der Waals surface area contributed by atoms with E-state index in [9.17, 15) is 4.79 Å². The number of piperidine rings is 1. The monoisotopic (exact) mass is 554 g/mol. The molecule has 1 saturated carbocycles. The highest BCUT2D eigenvalue weighted by atomic mass is 16.3. The van der Waals surface area contributed by atoms with Gasteiger partial charge in [-0.25, -0.2) is 9.97 Å². The molecule has 2 saturated heterocycles. The second-order valence-corrected chi connectivity index (χ2v) is 12.0. The molecule has 0 amide bonds. The summed E-state index contributed by atoms with van der Waals surface area (Å²) in [5.41, 5.74) is 4.33. The van der Waals surface area contributed by atoms with E-state index in [2.05, 4.69) is 56.6 Å². The summed E-state index contributed by atoms with van der Waals surface area (Å²) in [4.78, 5) is 32.7. The third-order valence-corrected chi connectivity index (χ3v) is 8.83. The SMILES string of the molecule is CN1CCC(Nc2ccc(Nc3ncc4cc(C5CCCCN5C)c(=O)n(Cc5ocnc5C5CC5)c4n3)cc2)C1. The molecule has 0 radical (unpaired) electrons. The smallest absolute Gasteiger partial charge is 0.257 e. The number of nitrogens with one attached hydrogen (secondary N) is 2. The molecule has 5 heterocycles. The minimum atomic E-state index is -0.0213. The largest absolute Gasteiger partial charge is 0.446 e. The van der Waals surface area contributed by atoms with Crippen LogP contribution in [0.4, 0.5) is 17.3 Å². The maximum Gasteiger partial charge on any atom is 0.257 e. The van der Waals surface area contributed by atoms with Crippen molar-refractivity contribution in [3.05, 3.63) is 70.3 Å². The molecule has 41 heavy (non-hydrogen) atoms. The molecule has 4 aromatic rings. The first-order valence-corrected chi connectivity index (χ1v) is 14.9. The second-order valence-electron chi connectivity index (χ2n) is 12.0. The first kappa shape index (κ1) is 26.2. The molecule has 0 bridgehead atoms. The maximum atomic E-state index is 14.1. The van der Waals surface area contributed by atoms with Gasteiger partial charge in [-0.1, -0.05) is 6.42 Å². The molecule has 214 valence electrons. The van der Waals surface area contributed by atoms with Crippen molar-refractivity contribution < 1.29 is 4.42 Å². The van der Waals surface area contributed by atoms with Crippen molar-refractivity contribution in [2.75, 3.05) is 44.4 Å². The minimum absolute atomic E-state index is 0.0213.